The maximum Gasteiger partial charge on any atom is 0.187 e. The first-order valence-corrected chi connectivity index (χ1v) is 27.9. The van der Waals surface area contributed by atoms with E-state index in [0.717, 1.165) is 38.5 Å². The number of rotatable bonds is 17. The minimum Gasteiger partial charge on any atom is -0.394 e. The Morgan fingerprint density at radius 1 is 0.571 bits per heavy atom. The highest BCUT2D eigenvalue weighted by atomic mass is 16.8. The molecule has 0 aromatic carbocycles. The molecule has 29 atom stereocenters. The monoisotopic (exact) mass is 1110 g/mol. The minimum atomic E-state index is -1.91. The molecule has 15 N–H and O–H groups in total. The number of aliphatic hydroxyl groups is 15. The van der Waals surface area contributed by atoms with Gasteiger partial charge in [0.05, 0.1) is 44.2 Å². The Morgan fingerprint density at radius 3 is 1.62 bits per heavy atom. The fourth-order valence-corrected chi connectivity index (χ4v) is 15.6. The van der Waals surface area contributed by atoms with Crippen LogP contribution in [0.3, 0.4) is 0 Å². The smallest absolute Gasteiger partial charge is 0.187 e. The van der Waals surface area contributed by atoms with Gasteiger partial charge < -0.3 is 114 Å². The van der Waals surface area contributed by atoms with Crippen LogP contribution in [0, 0.1) is 45.3 Å². The van der Waals surface area contributed by atoms with E-state index in [-0.39, 0.29) is 46.5 Å². The highest BCUT2D eigenvalue weighted by Crippen LogP contribution is 2.75. The Bertz CT molecular complexity index is 1990. The molecule has 0 bridgehead atoms. The number of hydrogen-bond donors (Lipinski definition) is 15. The average molecular weight is 1110 g/mol. The molecule has 4 saturated heterocycles. The van der Waals surface area contributed by atoms with Crippen molar-refractivity contribution in [1.82, 2.24) is 0 Å². The van der Waals surface area contributed by atoms with Gasteiger partial charge in [0.2, 0.25) is 0 Å². The number of aliphatic hydroxyl groups excluding tert-OH is 14. The first-order chi connectivity index (χ1) is 36.0. The molecular weight excluding hydrogens is 1020 g/mol. The van der Waals surface area contributed by atoms with Gasteiger partial charge in [0.25, 0.3) is 0 Å². The van der Waals surface area contributed by atoms with Crippen LogP contribution < -0.4 is 0 Å². The number of allylic oxidation sites excluding steroid dienone is 1. The predicted molar refractivity (Wildman–Crippen MR) is 266 cm³/mol. The zero-order valence-corrected chi connectivity index (χ0v) is 45.8. The van der Waals surface area contributed by atoms with Crippen molar-refractivity contribution < 1.29 is 114 Å². The van der Waals surface area contributed by atoms with E-state index in [1.165, 1.54) is 5.57 Å². The van der Waals surface area contributed by atoms with Crippen LogP contribution in [0.15, 0.2) is 11.6 Å². The SMILES string of the molecule is C[C@H](CC[C@@H](O[C@@H]1O[C@H](CO[C@@H]2O[C@H](CO)[C@@H](O)[C@H](O)[C@H]2O)[C@@H](O)[C@H](O)[C@H]1O[C@@H]1O[C@H](CO)[C@@H](O)[C@H](O)[C@H]1O)C(C)(C)O)[C@H]1CC[C@@]2(C)C3CC=C4[C@@H](CC[C@H](O[C@@H]5O[C@H](CO)[C@@H](O)[C@H](O)[C@H]5O)C4(C)C)[C@]3(C)CC[C@]12C. The van der Waals surface area contributed by atoms with Crippen molar-refractivity contribution in [3.05, 3.63) is 11.6 Å². The van der Waals surface area contributed by atoms with Crippen molar-refractivity contribution in [3.63, 3.8) is 0 Å². The second kappa shape index (κ2) is 23.5. The molecule has 0 spiro atoms. The molecule has 0 amide bonds. The zero-order chi connectivity index (χ0) is 56.6. The molecule has 0 radical (unpaired) electrons. The lowest BCUT2D eigenvalue weighted by Gasteiger charge is -2.66. The zero-order valence-electron chi connectivity index (χ0n) is 45.8. The van der Waals surface area contributed by atoms with Gasteiger partial charge in [-0.25, -0.2) is 0 Å². The first-order valence-electron chi connectivity index (χ1n) is 27.9. The second-order valence-electron chi connectivity index (χ2n) is 25.8. The van der Waals surface area contributed by atoms with E-state index in [4.69, 9.17) is 37.9 Å². The summed E-state index contributed by atoms with van der Waals surface area (Å²) in [7, 11) is 0. The summed E-state index contributed by atoms with van der Waals surface area (Å²) in [6.45, 7) is 14.4. The Labute approximate surface area is 450 Å². The highest BCUT2D eigenvalue weighted by molar-refractivity contribution is 5.30. The van der Waals surface area contributed by atoms with Gasteiger partial charge in [-0.15, -0.1) is 0 Å². The number of ether oxygens (including phenoxy) is 8. The normalized spacial score (nSPS) is 51.0. The summed E-state index contributed by atoms with van der Waals surface area (Å²) in [5, 5.41) is 159. The van der Waals surface area contributed by atoms with Crippen LogP contribution in [-0.2, 0) is 37.9 Å². The second-order valence-corrected chi connectivity index (χ2v) is 25.8. The molecular formula is C54H92O23. The molecule has 0 aromatic rings. The van der Waals surface area contributed by atoms with E-state index in [2.05, 4.69) is 47.6 Å². The summed E-state index contributed by atoms with van der Waals surface area (Å²) >= 11 is 0. The van der Waals surface area contributed by atoms with E-state index in [9.17, 15) is 76.6 Å². The maximum atomic E-state index is 11.8. The molecule has 4 aliphatic carbocycles. The van der Waals surface area contributed by atoms with Gasteiger partial charge in [0.1, 0.15) is 97.7 Å². The Kier molecular flexibility index (Phi) is 18.9. The Hall–Kier alpha value is -1.18. The number of fused-ring (bicyclic) bond motifs is 5. The Balaban J connectivity index is 0.973. The molecule has 8 rings (SSSR count). The molecule has 23 nitrogen and oxygen atoms in total. The molecule has 446 valence electrons. The third kappa shape index (κ3) is 11.1. The molecule has 23 heteroatoms. The molecule has 8 aliphatic rings. The summed E-state index contributed by atoms with van der Waals surface area (Å²) in [6.07, 6.45) is -23.9. The van der Waals surface area contributed by atoms with E-state index in [1.54, 1.807) is 13.8 Å². The molecule has 4 aliphatic heterocycles. The molecule has 3 saturated carbocycles. The van der Waals surface area contributed by atoms with Gasteiger partial charge in [-0.2, -0.15) is 0 Å². The fourth-order valence-electron chi connectivity index (χ4n) is 15.6. The van der Waals surface area contributed by atoms with E-state index >= 15 is 0 Å². The largest absolute Gasteiger partial charge is 0.394 e. The first kappa shape index (κ1) is 61.9. The van der Waals surface area contributed by atoms with Crippen LogP contribution >= 0.6 is 0 Å². The maximum absolute atomic E-state index is 11.8. The predicted octanol–water partition coefficient (Wildman–Crippen LogP) is -2.20. The average Bonchev–Trinajstić information content (AvgIpc) is 3.69. The van der Waals surface area contributed by atoms with E-state index in [0.29, 0.717) is 18.8 Å². The standard InChI is InChI=1S/C54H92O23/c1-23(24-15-16-54(8)31-12-10-25-26(52(31,6)17-18-53(24,54)7)11-14-32(50(25,2)3)75-47-43(67)39(63)35(59)28(20-56)72-47)9-13-33(51(4,5)69)76-49-45(77-48-44(68)40(64)36(60)29(21-57)73-48)41(65)37(61)30(74-49)22-70-46-42(66)38(62)34(58)27(19-55)71-46/h10,23-24,26-49,55-69H,9,11-22H2,1-8H3/t23-,24-,26-,27-,28-,29-,30-,31?,32+,33-,34-,35-,36-,37-,38+,39+,40+,41+,42-,43-,44-,45-,46-,47+,48+,49+,52+,53-,54+/m1/s1. The van der Waals surface area contributed by atoms with Crippen LogP contribution in [0.5, 0.6) is 0 Å². The minimum absolute atomic E-state index is 0.0220. The lowest BCUT2D eigenvalue weighted by molar-refractivity contribution is -0.380. The highest BCUT2D eigenvalue weighted by Gasteiger charge is 2.68. The van der Waals surface area contributed by atoms with Crippen molar-refractivity contribution in [2.24, 2.45) is 45.3 Å². The molecule has 7 fully saturated rings. The quantitative estimate of drug-likeness (QED) is 0.0687. The van der Waals surface area contributed by atoms with Crippen molar-refractivity contribution in [1.29, 1.82) is 0 Å². The lowest BCUT2D eigenvalue weighted by atomic mass is 9.39. The Morgan fingerprint density at radius 2 is 1.08 bits per heavy atom. The third-order valence-corrected chi connectivity index (χ3v) is 20.7. The van der Waals surface area contributed by atoms with Crippen LogP contribution in [0.1, 0.15) is 113 Å². The van der Waals surface area contributed by atoms with Crippen LogP contribution in [-0.4, -0.2) is 244 Å². The van der Waals surface area contributed by atoms with Gasteiger partial charge >= 0.3 is 0 Å². The van der Waals surface area contributed by atoms with Crippen LogP contribution in [0.4, 0.5) is 0 Å². The summed E-state index contributed by atoms with van der Waals surface area (Å²) in [5.41, 5.74) is -0.793. The van der Waals surface area contributed by atoms with Crippen molar-refractivity contribution in [2.45, 2.75) is 254 Å². The van der Waals surface area contributed by atoms with Crippen LogP contribution in [0.25, 0.3) is 0 Å². The summed E-state index contributed by atoms with van der Waals surface area (Å²) in [5.74, 6) is 1.07. The van der Waals surface area contributed by atoms with Crippen molar-refractivity contribution in [3.8, 4) is 0 Å². The third-order valence-electron chi connectivity index (χ3n) is 20.7. The lowest BCUT2D eigenvalue weighted by Crippen LogP contribution is -2.65. The summed E-state index contributed by atoms with van der Waals surface area (Å²) < 4.78 is 47.9. The van der Waals surface area contributed by atoms with Crippen LogP contribution in [0.2, 0.25) is 0 Å². The number of hydrogen-bond acceptors (Lipinski definition) is 23. The van der Waals surface area contributed by atoms with Gasteiger partial charge in [-0.3, -0.25) is 0 Å². The molecule has 77 heavy (non-hydrogen) atoms. The van der Waals surface area contributed by atoms with Gasteiger partial charge in [0.15, 0.2) is 25.2 Å². The van der Waals surface area contributed by atoms with Gasteiger partial charge in [-0.1, -0.05) is 53.2 Å². The summed E-state index contributed by atoms with van der Waals surface area (Å²) in [6, 6.07) is 0. The van der Waals surface area contributed by atoms with E-state index < -0.39 is 166 Å². The van der Waals surface area contributed by atoms with E-state index in [1.807, 2.05) is 0 Å². The molecule has 1 unspecified atom stereocenters. The molecule has 4 heterocycles. The van der Waals surface area contributed by atoms with Gasteiger partial charge in [-0.05, 0) is 112 Å². The molecule has 0 aromatic heterocycles. The topological polar surface area (TPSA) is 377 Å². The van der Waals surface area contributed by atoms with Crippen molar-refractivity contribution >= 4 is 0 Å². The van der Waals surface area contributed by atoms with Gasteiger partial charge in [0, 0.05) is 5.41 Å². The van der Waals surface area contributed by atoms with Crippen molar-refractivity contribution in [2.75, 3.05) is 26.4 Å². The fraction of sp³-hybridized carbons (Fsp3) is 0.963. The summed E-state index contributed by atoms with van der Waals surface area (Å²) in [4.78, 5) is 0.